The molecule has 5 nitrogen and oxygen atoms in total. The number of anilines is 1. The fourth-order valence-electron chi connectivity index (χ4n) is 3.86. The van der Waals surface area contributed by atoms with E-state index in [0.717, 1.165) is 54.4 Å². The first-order valence-corrected chi connectivity index (χ1v) is 12.3. The molecule has 30 heavy (non-hydrogen) atoms. The first-order chi connectivity index (χ1) is 14.4. The zero-order chi connectivity index (χ0) is 21.3. The molecule has 0 aliphatic carbocycles. The van der Waals surface area contributed by atoms with Gasteiger partial charge in [-0.2, -0.15) is 4.31 Å². The standard InChI is InChI=1S/C21H22F2N2O3S2/c22-18-7-5-16(13-19(18)23)29-14-21(26)25-11-3-4-15-12-17(6-8-20(15)25)30(27,28)24-9-1-2-10-24/h5-8,12-13H,1-4,9-11,14H2. The zero-order valence-electron chi connectivity index (χ0n) is 16.3. The summed E-state index contributed by atoms with van der Waals surface area (Å²) in [6.07, 6.45) is 3.20. The lowest BCUT2D eigenvalue weighted by Crippen LogP contribution is -2.37. The minimum Gasteiger partial charge on any atom is -0.311 e. The van der Waals surface area contributed by atoms with Crippen molar-refractivity contribution in [2.45, 2.75) is 35.5 Å². The molecule has 2 aromatic rings. The van der Waals surface area contributed by atoms with Crippen molar-refractivity contribution < 1.29 is 22.0 Å². The summed E-state index contributed by atoms with van der Waals surface area (Å²) >= 11 is 1.14. The molecule has 0 unspecified atom stereocenters. The molecular formula is C21H22F2N2O3S2. The Hall–Kier alpha value is -1.97. The van der Waals surface area contributed by atoms with Gasteiger partial charge in [0.1, 0.15) is 0 Å². The molecule has 0 atom stereocenters. The molecule has 1 amide bonds. The Balaban J connectivity index is 1.50. The van der Waals surface area contributed by atoms with Crippen LogP contribution in [0.25, 0.3) is 0 Å². The van der Waals surface area contributed by atoms with E-state index in [-0.39, 0.29) is 16.6 Å². The van der Waals surface area contributed by atoms with E-state index in [1.54, 1.807) is 23.1 Å². The van der Waals surface area contributed by atoms with Crippen LogP contribution in [0.2, 0.25) is 0 Å². The maximum absolute atomic E-state index is 13.4. The van der Waals surface area contributed by atoms with Gasteiger partial charge in [0.25, 0.3) is 0 Å². The predicted molar refractivity (Wildman–Crippen MR) is 112 cm³/mol. The molecule has 2 aliphatic rings. The summed E-state index contributed by atoms with van der Waals surface area (Å²) in [6, 6.07) is 8.52. The number of benzene rings is 2. The van der Waals surface area contributed by atoms with E-state index in [1.165, 1.54) is 10.4 Å². The van der Waals surface area contributed by atoms with Crippen molar-refractivity contribution in [1.29, 1.82) is 0 Å². The second kappa shape index (κ2) is 8.64. The maximum Gasteiger partial charge on any atom is 0.243 e. The second-order valence-electron chi connectivity index (χ2n) is 7.42. The highest BCUT2D eigenvalue weighted by Gasteiger charge is 2.29. The predicted octanol–water partition coefficient (Wildman–Crippen LogP) is 3.82. The van der Waals surface area contributed by atoms with E-state index in [0.29, 0.717) is 31.0 Å². The molecule has 0 N–H and O–H groups in total. The first-order valence-electron chi connectivity index (χ1n) is 9.87. The Labute approximate surface area is 179 Å². The molecular weight excluding hydrogens is 430 g/mol. The van der Waals surface area contributed by atoms with Crippen molar-refractivity contribution in [3.05, 3.63) is 53.6 Å². The quantitative estimate of drug-likeness (QED) is 0.648. The Morgan fingerprint density at radius 1 is 0.967 bits per heavy atom. The van der Waals surface area contributed by atoms with Gasteiger partial charge in [-0.25, -0.2) is 17.2 Å². The Kier molecular flexibility index (Phi) is 6.13. The number of carbonyl (C=O) groups excluding carboxylic acids is 1. The highest BCUT2D eigenvalue weighted by Crippen LogP contribution is 2.32. The van der Waals surface area contributed by atoms with Gasteiger partial charge in [-0.1, -0.05) is 0 Å². The number of rotatable bonds is 5. The SMILES string of the molecule is O=C(CSc1ccc(F)c(F)c1)N1CCCc2cc(S(=O)(=O)N3CCCC3)ccc21. The smallest absolute Gasteiger partial charge is 0.243 e. The average Bonchev–Trinajstić information content (AvgIpc) is 3.29. The molecule has 1 fully saturated rings. The minimum absolute atomic E-state index is 0.0817. The third kappa shape index (κ3) is 4.24. The molecule has 2 heterocycles. The fraction of sp³-hybridized carbons (Fsp3) is 0.381. The lowest BCUT2D eigenvalue weighted by atomic mass is 10.0. The topological polar surface area (TPSA) is 57.7 Å². The molecule has 1 saturated heterocycles. The van der Waals surface area contributed by atoms with Crippen LogP contribution in [0.5, 0.6) is 0 Å². The van der Waals surface area contributed by atoms with Gasteiger partial charge >= 0.3 is 0 Å². The van der Waals surface area contributed by atoms with Crippen LogP contribution in [0, 0.1) is 11.6 Å². The Morgan fingerprint density at radius 3 is 2.47 bits per heavy atom. The molecule has 4 rings (SSSR count). The van der Waals surface area contributed by atoms with Crippen LogP contribution < -0.4 is 4.90 Å². The van der Waals surface area contributed by atoms with Gasteiger partial charge in [0.15, 0.2) is 11.6 Å². The van der Waals surface area contributed by atoms with Crippen LogP contribution in [-0.4, -0.2) is 44.0 Å². The van der Waals surface area contributed by atoms with Crippen molar-refractivity contribution in [2.75, 3.05) is 30.3 Å². The van der Waals surface area contributed by atoms with Crippen molar-refractivity contribution in [1.82, 2.24) is 4.31 Å². The van der Waals surface area contributed by atoms with E-state index < -0.39 is 21.7 Å². The van der Waals surface area contributed by atoms with Crippen LogP contribution in [0.4, 0.5) is 14.5 Å². The molecule has 0 radical (unpaired) electrons. The summed E-state index contributed by atoms with van der Waals surface area (Å²) in [7, 11) is -3.50. The van der Waals surface area contributed by atoms with E-state index in [4.69, 9.17) is 0 Å². The van der Waals surface area contributed by atoms with Gasteiger partial charge in [-0.3, -0.25) is 4.79 Å². The molecule has 0 aromatic heterocycles. The van der Waals surface area contributed by atoms with Gasteiger partial charge < -0.3 is 4.90 Å². The number of amides is 1. The van der Waals surface area contributed by atoms with Gasteiger partial charge in [-0.05, 0) is 67.6 Å². The molecule has 9 heteroatoms. The van der Waals surface area contributed by atoms with Gasteiger partial charge in [0.2, 0.25) is 15.9 Å². The number of hydrogen-bond acceptors (Lipinski definition) is 4. The highest BCUT2D eigenvalue weighted by molar-refractivity contribution is 8.00. The average molecular weight is 453 g/mol. The van der Waals surface area contributed by atoms with Gasteiger partial charge in [0.05, 0.1) is 10.6 Å². The van der Waals surface area contributed by atoms with Crippen LogP contribution >= 0.6 is 11.8 Å². The normalized spacial score (nSPS) is 17.2. The summed E-state index contributed by atoms with van der Waals surface area (Å²) in [4.78, 5) is 15.2. The number of sulfonamides is 1. The lowest BCUT2D eigenvalue weighted by Gasteiger charge is -2.30. The first kappa shape index (κ1) is 21.3. The fourth-order valence-corrected chi connectivity index (χ4v) is 6.23. The summed E-state index contributed by atoms with van der Waals surface area (Å²) in [5.41, 5.74) is 1.56. The number of thioether (sulfide) groups is 1. The van der Waals surface area contributed by atoms with Crippen LogP contribution in [0.15, 0.2) is 46.2 Å². The van der Waals surface area contributed by atoms with Crippen LogP contribution in [0.3, 0.4) is 0 Å². The number of nitrogens with zero attached hydrogens (tertiary/aromatic N) is 2. The summed E-state index contributed by atoms with van der Waals surface area (Å²) in [5.74, 6) is -1.93. The number of aryl methyl sites for hydroxylation is 1. The number of carbonyl (C=O) groups is 1. The number of halogens is 2. The molecule has 160 valence electrons. The van der Waals surface area contributed by atoms with Crippen LogP contribution in [-0.2, 0) is 21.2 Å². The third-order valence-corrected chi connectivity index (χ3v) is 8.30. The van der Waals surface area contributed by atoms with Crippen molar-refractivity contribution in [3.63, 3.8) is 0 Å². The van der Waals surface area contributed by atoms with Crippen molar-refractivity contribution in [3.8, 4) is 0 Å². The largest absolute Gasteiger partial charge is 0.311 e. The van der Waals surface area contributed by atoms with E-state index in [1.807, 2.05) is 0 Å². The number of hydrogen-bond donors (Lipinski definition) is 0. The van der Waals surface area contributed by atoms with E-state index >= 15 is 0 Å². The lowest BCUT2D eigenvalue weighted by molar-refractivity contribution is -0.116. The molecule has 2 aliphatic heterocycles. The van der Waals surface area contributed by atoms with Crippen molar-refractivity contribution >= 4 is 33.4 Å². The molecule has 2 aromatic carbocycles. The highest BCUT2D eigenvalue weighted by atomic mass is 32.2. The molecule has 0 bridgehead atoms. The summed E-state index contributed by atoms with van der Waals surface area (Å²) in [5, 5.41) is 0. The van der Waals surface area contributed by atoms with E-state index in [2.05, 4.69) is 0 Å². The summed E-state index contributed by atoms with van der Waals surface area (Å²) in [6.45, 7) is 1.64. The van der Waals surface area contributed by atoms with Gasteiger partial charge in [0, 0.05) is 30.2 Å². The zero-order valence-corrected chi connectivity index (χ0v) is 17.9. The Morgan fingerprint density at radius 2 is 1.73 bits per heavy atom. The monoisotopic (exact) mass is 452 g/mol. The number of fused-ring (bicyclic) bond motifs is 1. The maximum atomic E-state index is 13.4. The van der Waals surface area contributed by atoms with E-state index in [9.17, 15) is 22.0 Å². The van der Waals surface area contributed by atoms with Crippen molar-refractivity contribution in [2.24, 2.45) is 0 Å². The van der Waals surface area contributed by atoms with Crippen LogP contribution in [0.1, 0.15) is 24.8 Å². The minimum atomic E-state index is -3.50. The summed E-state index contributed by atoms with van der Waals surface area (Å²) < 4.78 is 53.6. The molecule has 0 saturated carbocycles. The Bertz CT molecular complexity index is 1070. The molecule has 0 spiro atoms. The third-order valence-electron chi connectivity index (χ3n) is 5.43. The van der Waals surface area contributed by atoms with Gasteiger partial charge in [-0.15, -0.1) is 11.8 Å². The second-order valence-corrected chi connectivity index (χ2v) is 10.4.